The minimum atomic E-state index is 0.566. The van der Waals surface area contributed by atoms with Crippen LogP contribution in [0.15, 0.2) is 12.4 Å². The zero-order valence-corrected chi connectivity index (χ0v) is 11.7. The molecule has 2 rings (SSSR count). The van der Waals surface area contributed by atoms with Crippen molar-refractivity contribution in [1.82, 2.24) is 9.55 Å². The van der Waals surface area contributed by atoms with Crippen molar-refractivity contribution in [3.05, 3.63) is 12.4 Å². The smallest absolute Gasteiger partial charge is 0.203 e. The maximum atomic E-state index is 4.47. The second-order valence-corrected chi connectivity index (χ2v) is 5.71. The Bertz CT molecular complexity index is 331. The molecule has 0 amide bonds. The van der Waals surface area contributed by atoms with E-state index in [0.717, 1.165) is 18.1 Å². The highest BCUT2D eigenvalue weighted by Crippen LogP contribution is 2.25. The van der Waals surface area contributed by atoms with Gasteiger partial charge in [-0.15, -0.1) is 0 Å². The van der Waals surface area contributed by atoms with Crippen molar-refractivity contribution >= 4 is 17.7 Å². The van der Waals surface area contributed by atoms with Crippen LogP contribution in [0, 0.1) is 0 Å². The van der Waals surface area contributed by atoms with E-state index in [1.54, 1.807) is 0 Å². The Morgan fingerprint density at radius 1 is 1.53 bits per heavy atom. The van der Waals surface area contributed by atoms with Gasteiger partial charge >= 0.3 is 0 Å². The highest BCUT2D eigenvalue weighted by Gasteiger charge is 2.18. The van der Waals surface area contributed by atoms with E-state index >= 15 is 0 Å². The molecule has 0 saturated heterocycles. The van der Waals surface area contributed by atoms with Crippen LogP contribution in [0.3, 0.4) is 0 Å². The molecule has 17 heavy (non-hydrogen) atoms. The molecule has 0 radical (unpaired) electrons. The summed E-state index contributed by atoms with van der Waals surface area (Å²) in [5.41, 5.74) is 0. The number of thioether (sulfide) groups is 1. The first kappa shape index (κ1) is 12.8. The lowest BCUT2D eigenvalue weighted by atomic mass is 10.2. The van der Waals surface area contributed by atoms with Crippen LogP contribution in [0.4, 0.5) is 5.95 Å². The number of nitrogens with one attached hydrogen (secondary N) is 1. The normalized spacial score (nSPS) is 18.5. The van der Waals surface area contributed by atoms with E-state index in [1.165, 1.54) is 25.7 Å². The third kappa shape index (κ3) is 3.18. The van der Waals surface area contributed by atoms with Gasteiger partial charge in [-0.3, -0.25) is 0 Å². The largest absolute Gasteiger partial charge is 0.353 e. The van der Waals surface area contributed by atoms with Crippen LogP contribution in [0.2, 0.25) is 0 Å². The molecule has 0 aliphatic heterocycles. The Hall–Kier alpha value is -0.640. The summed E-state index contributed by atoms with van der Waals surface area (Å²) in [4.78, 5) is 4.47. The van der Waals surface area contributed by atoms with E-state index in [9.17, 15) is 0 Å². The Labute approximate surface area is 108 Å². The van der Waals surface area contributed by atoms with Gasteiger partial charge in [-0.1, -0.05) is 19.8 Å². The lowest BCUT2D eigenvalue weighted by molar-refractivity contribution is 0.539. The van der Waals surface area contributed by atoms with Crippen molar-refractivity contribution < 1.29 is 0 Å². The molecule has 1 heterocycles. The first-order valence-corrected chi connectivity index (χ1v) is 8.02. The van der Waals surface area contributed by atoms with Crippen LogP contribution in [-0.4, -0.2) is 27.6 Å². The molecule has 1 unspecified atom stereocenters. The summed E-state index contributed by atoms with van der Waals surface area (Å²) < 4.78 is 2.31. The molecule has 3 nitrogen and oxygen atoms in total. The van der Waals surface area contributed by atoms with Gasteiger partial charge in [0.2, 0.25) is 5.95 Å². The van der Waals surface area contributed by atoms with Crippen LogP contribution in [0.1, 0.15) is 45.1 Å². The van der Waals surface area contributed by atoms with Crippen LogP contribution in [0.25, 0.3) is 0 Å². The molecule has 1 N–H and O–H groups in total. The molecule has 96 valence electrons. The van der Waals surface area contributed by atoms with Crippen molar-refractivity contribution in [1.29, 1.82) is 0 Å². The summed E-state index contributed by atoms with van der Waals surface area (Å²) in [6, 6.07) is 1.21. The molecule has 1 aliphatic rings. The van der Waals surface area contributed by atoms with E-state index in [4.69, 9.17) is 0 Å². The summed E-state index contributed by atoms with van der Waals surface area (Å²) in [7, 11) is 0. The molecule has 0 spiro atoms. The number of imidazole rings is 1. The van der Waals surface area contributed by atoms with Crippen LogP contribution < -0.4 is 5.32 Å². The standard InChI is InChI=1S/C13H23N3S/c1-3-12(10-17-2)16-9-8-14-13(16)15-11-6-4-5-7-11/h8-9,11-12H,3-7,10H2,1-2H3,(H,14,15). The fourth-order valence-corrected chi connectivity index (χ4v) is 3.34. The highest BCUT2D eigenvalue weighted by molar-refractivity contribution is 7.98. The molecule has 1 aliphatic carbocycles. The lowest BCUT2D eigenvalue weighted by Gasteiger charge is -2.20. The number of hydrogen-bond donors (Lipinski definition) is 1. The molecule has 0 bridgehead atoms. The monoisotopic (exact) mass is 253 g/mol. The fraction of sp³-hybridized carbons (Fsp3) is 0.769. The average molecular weight is 253 g/mol. The van der Waals surface area contributed by atoms with Crippen LogP contribution >= 0.6 is 11.8 Å². The van der Waals surface area contributed by atoms with Gasteiger partial charge < -0.3 is 9.88 Å². The Balaban J connectivity index is 2.03. The number of rotatable bonds is 6. The van der Waals surface area contributed by atoms with Gasteiger partial charge in [0.1, 0.15) is 0 Å². The van der Waals surface area contributed by atoms with Gasteiger partial charge in [-0.05, 0) is 25.5 Å². The van der Waals surface area contributed by atoms with E-state index in [-0.39, 0.29) is 0 Å². The first-order chi connectivity index (χ1) is 8.35. The van der Waals surface area contributed by atoms with Gasteiger partial charge in [0.25, 0.3) is 0 Å². The first-order valence-electron chi connectivity index (χ1n) is 6.63. The van der Waals surface area contributed by atoms with Gasteiger partial charge in [0.05, 0.1) is 0 Å². The minimum absolute atomic E-state index is 0.566. The Morgan fingerprint density at radius 2 is 2.29 bits per heavy atom. The third-order valence-corrected chi connectivity index (χ3v) is 4.30. The topological polar surface area (TPSA) is 29.9 Å². The van der Waals surface area contributed by atoms with Gasteiger partial charge in [0, 0.05) is 30.2 Å². The van der Waals surface area contributed by atoms with Gasteiger partial charge in [-0.2, -0.15) is 11.8 Å². The second kappa shape index (κ2) is 6.34. The van der Waals surface area contributed by atoms with E-state index < -0.39 is 0 Å². The summed E-state index contributed by atoms with van der Waals surface area (Å²) in [6.45, 7) is 2.25. The summed E-state index contributed by atoms with van der Waals surface area (Å²) in [5, 5.41) is 3.61. The zero-order chi connectivity index (χ0) is 12.1. The predicted molar refractivity (Wildman–Crippen MR) is 75.8 cm³/mol. The van der Waals surface area contributed by atoms with E-state index in [1.807, 2.05) is 18.0 Å². The predicted octanol–water partition coefficient (Wildman–Crippen LogP) is 3.55. The molecule has 4 heteroatoms. The zero-order valence-electron chi connectivity index (χ0n) is 10.9. The van der Waals surface area contributed by atoms with Crippen LogP contribution in [-0.2, 0) is 0 Å². The number of hydrogen-bond acceptors (Lipinski definition) is 3. The fourth-order valence-electron chi connectivity index (χ4n) is 2.56. The van der Waals surface area contributed by atoms with Gasteiger partial charge in [0.15, 0.2) is 0 Å². The van der Waals surface area contributed by atoms with E-state index in [0.29, 0.717) is 12.1 Å². The SMILES string of the molecule is CCC(CSC)n1ccnc1NC1CCCC1. The Kier molecular flexibility index (Phi) is 4.77. The molecule has 1 atom stereocenters. The van der Waals surface area contributed by atoms with Crippen molar-refractivity contribution in [3.8, 4) is 0 Å². The number of anilines is 1. The number of aromatic nitrogens is 2. The van der Waals surface area contributed by atoms with Crippen molar-refractivity contribution in [3.63, 3.8) is 0 Å². The summed E-state index contributed by atoms with van der Waals surface area (Å²) >= 11 is 1.91. The molecule has 1 aromatic rings. The highest BCUT2D eigenvalue weighted by atomic mass is 32.2. The number of nitrogens with zero attached hydrogens (tertiary/aromatic N) is 2. The van der Waals surface area contributed by atoms with Crippen molar-refractivity contribution in [2.24, 2.45) is 0 Å². The maximum absolute atomic E-state index is 4.47. The minimum Gasteiger partial charge on any atom is -0.353 e. The second-order valence-electron chi connectivity index (χ2n) is 4.80. The molecule has 1 saturated carbocycles. The molecule has 1 fully saturated rings. The van der Waals surface area contributed by atoms with Gasteiger partial charge in [-0.25, -0.2) is 4.98 Å². The van der Waals surface area contributed by atoms with E-state index in [2.05, 4.69) is 34.2 Å². The molecular formula is C13H23N3S. The Morgan fingerprint density at radius 3 is 2.94 bits per heavy atom. The lowest BCUT2D eigenvalue weighted by Crippen LogP contribution is -2.20. The summed E-state index contributed by atoms with van der Waals surface area (Å²) in [5.74, 6) is 2.23. The quantitative estimate of drug-likeness (QED) is 0.841. The molecule has 1 aromatic heterocycles. The van der Waals surface area contributed by atoms with Crippen molar-refractivity contribution in [2.45, 2.75) is 51.1 Å². The molecular weight excluding hydrogens is 230 g/mol. The average Bonchev–Trinajstić information content (AvgIpc) is 2.98. The molecule has 0 aromatic carbocycles. The summed E-state index contributed by atoms with van der Waals surface area (Å²) in [6.07, 6.45) is 12.7. The third-order valence-electron chi connectivity index (χ3n) is 3.58. The van der Waals surface area contributed by atoms with Crippen LogP contribution in [0.5, 0.6) is 0 Å². The maximum Gasteiger partial charge on any atom is 0.203 e. The van der Waals surface area contributed by atoms with Crippen molar-refractivity contribution in [2.75, 3.05) is 17.3 Å².